The lowest BCUT2D eigenvalue weighted by molar-refractivity contribution is -0.167. The van der Waals surface area contributed by atoms with E-state index in [1.807, 2.05) is 0 Å². The van der Waals surface area contributed by atoms with Crippen LogP contribution in [0, 0.1) is 0 Å². The molecule has 0 spiro atoms. The normalized spacial score (nSPS) is 11.8. The summed E-state index contributed by atoms with van der Waals surface area (Å²) >= 11 is 0. The van der Waals surface area contributed by atoms with Crippen LogP contribution in [0.25, 0.3) is 0 Å². The molecule has 0 rings (SSSR count). The fourth-order valence-corrected chi connectivity index (χ4v) is 7.03. The Morgan fingerprint density at radius 1 is 0.302 bits per heavy atom. The van der Waals surface area contributed by atoms with E-state index in [-0.39, 0.29) is 31.1 Å². The molecule has 53 heavy (non-hydrogen) atoms. The molecule has 0 aromatic heterocycles. The topological polar surface area (TPSA) is 78.9 Å². The van der Waals surface area contributed by atoms with Crippen molar-refractivity contribution in [1.82, 2.24) is 0 Å². The minimum atomic E-state index is -0.757. The maximum Gasteiger partial charge on any atom is 0.306 e. The van der Waals surface area contributed by atoms with Crippen molar-refractivity contribution in [2.24, 2.45) is 0 Å². The minimum Gasteiger partial charge on any atom is -0.462 e. The van der Waals surface area contributed by atoms with Crippen LogP contribution in [-0.2, 0) is 28.6 Å². The van der Waals surface area contributed by atoms with Crippen LogP contribution in [0.4, 0.5) is 0 Å². The Hall–Kier alpha value is -1.59. The van der Waals surface area contributed by atoms with Crippen LogP contribution >= 0.6 is 0 Å². The predicted molar refractivity (Wildman–Crippen MR) is 224 cm³/mol. The predicted octanol–water partition coefficient (Wildman–Crippen LogP) is 14.9. The zero-order valence-electron chi connectivity index (χ0n) is 35.8. The third-order valence-electron chi connectivity index (χ3n) is 10.6. The third-order valence-corrected chi connectivity index (χ3v) is 10.6. The van der Waals surface area contributed by atoms with Crippen LogP contribution in [0.1, 0.15) is 265 Å². The van der Waals surface area contributed by atoms with Gasteiger partial charge in [-0.1, -0.05) is 226 Å². The maximum atomic E-state index is 12.7. The zero-order valence-corrected chi connectivity index (χ0v) is 35.8. The molecular formula is C47H90O6. The Balaban J connectivity index is 4.21. The van der Waals surface area contributed by atoms with Crippen molar-refractivity contribution < 1.29 is 28.6 Å². The van der Waals surface area contributed by atoms with Gasteiger partial charge in [-0.3, -0.25) is 14.4 Å². The van der Waals surface area contributed by atoms with Gasteiger partial charge in [-0.2, -0.15) is 0 Å². The van der Waals surface area contributed by atoms with Gasteiger partial charge in [-0.15, -0.1) is 0 Å². The van der Waals surface area contributed by atoms with Gasteiger partial charge in [0.25, 0.3) is 0 Å². The van der Waals surface area contributed by atoms with Gasteiger partial charge in [0.1, 0.15) is 13.2 Å². The fraction of sp³-hybridized carbons (Fsp3) is 0.936. The second kappa shape index (κ2) is 43.1. The summed E-state index contributed by atoms with van der Waals surface area (Å²) < 4.78 is 16.7. The van der Waals surface area contributed by atoms with Crippen molar-refractivity contribution in [3.05, 3.63) is 0 Å². The SMILES string of the molecule is CCCCCCCCCCCCCCCCCCCC(=O)OCC(COC(=O)CCCCCCCCCC)OC(=O)CCCCCCCCCCCC. The molecule has 0 saturated heterocycles. The molecule has 0 radical (unpaired) electrons. The van der Waals surface area contributed by atoms with Gasteiger partial charge in [0, 0.05) is 19.3 Å². The van der Waals surface area contributed by atoms with Crippen molar-refractivity contribution in [1.29, 1.82) is 0 Å². The molecule has 6 nitrogen and oxygen atoms in total. The Morgan fingerprint density at radius 2 is 0.509 bits per heavy atom. The lowest BCUT2D eigenvalue weighted by Crippen LogP contribution is -2.30. The average Bonchev–Trinajstić information content (AvgIpc) is 3.15. The monoisotopic (exact) mass is 751 g/mol. The Kier molecular flexibility index (Phi) is 41.8. The van der Waals surface area contributed by atoms with Gasteiger partial charge in [0.15, 0.2) is 6.10 Å². The molecule has 0 heterocycles. The van der Waals surface area contributed by atoms with Crippen LogP contribution in [0.15, 0.2) is 0 Å². The van der Waals surface area contributed by atoms with E-state index in [0.717, 1.165) is 57.8 Å². The molecule has 0 amide bonds. The lowest BCUT2D eigenvalue weighted by atomic mass is 10.0. The summed E-state index contributed by atoms with van der Waals surface area (Å²) in [6.45, 7) is 6.62. The second-order valence-electron chi connectivity index (χ2n) is 16.0. The van der Waals surface area contributed by atoms with Gasteiger partial charge in [0.05, 0.1) is 0 Å². The number of unbranched alkanes of at least 4 members (excludes halogenated alkanes) is 32. The highest BCUT2D eigenvalue weighted by Crippen LogP contribution is 2.16. The van der Waals surface area contributed by atoms with E-state index < -0.39 is 6.10 Å². The molecule has 0 aliphatic carbocycles. The van der Waals surface area contributed by atoms with Crippen LogP contribution in [0.5, 0.6) is 0 Å². The van der Waals surface area contributed by atoms with E-state index in [4.69, 9.17) is 14.2 Å². The van der Waals surface area contributed by atoms with Crippen molar-refractivity contribution in [3.8, 4) is 0 Å². The van der Waals surface area contributed by atoms with Crippen molar-refractivity contribution >= 4 is 17.9 Å². The van der Waals surface area contributed by atoms with Crippen LogP contribution in [0.3, 0.4) is 0 Å². The first-order valence-electron chi connectivity index (χ1n) is 23.5. The number of esters is 3. The molecule has 0 bridgehead atoms. The highest BCUT2D eigenvalue weighted by molar-refractivity contribution is 5.71. The molecule has 1 unspecified atom stereocenters. The van der Waals surface area contributed by atoms with Crippen LogP contribution in [0.2, 0.25) is 0 Å². The summed E-state index contributed by atoms with van der Waals surface area (Å²) in [5.74, 6) is -0.855. The molecule has 0 aromatic carbocycles. The molecule has 314 valence electrons. The minimum absolute atomic E-state index is 0.0629. The van der Waals surface area contributed by atoms with Crippen molar-refractivity contribution in [2.75, 3.05) is 13.2 Å². The van der Waals surface area contributed by atoms with Gasteiger partial charge in [-0.05, 0) is 19.3 Å². The first-order valence-corrected chi connectivity index (χ1v) is 23.5. The van der Waals surface area contributed by atoms with Crippen LogP contribution in [-0.4, -0.2) is 37.2 Å². The third kappa shape index (κ3) is 41.4. The van der Waals surface area contributed by atoms with E-state index >= 15 is 0 Å². The molecule has 1 atom stereocenters. The van der Waals surface area contributed by atoms with Crippen LogP contribution < -0.4 is 0 Å². The Labute approximate surface area is 329 Å². The number of carbonyl (C=O) groups excluding carboxylic acids is 3. The highest BCUT2D eigenvalue weighted by atomic mass is 16.6. The first-order chi connectivity index (χ1) is 26.0. The van der Waals surface area contributed by atoms with Gasteiger partial charge in [-0.25, -0.2) is 0 Å². The first kappa shape index (κ1) is 51.4. The van der Waals surface area contributed by atoms with E-state index in [1.54, 1.807) is 0 Å². The standard InChI is InChI=1S/C47H90O6/c1-4-7-10-13-16-19-21-22-23-24-25-26-27-29-31-34-37-40-46(49)52-43-44(42-51-45(48)39-36-33-30-18-15-12-9-6-3)53-47(50)41-38-35-32-28-20-17-14-11-8-5-2/h44H,4-43H2,1-3H3. The summed E-state index contributed by atoms with van der Waals surface area (Å²) in [6.07, 6.45) is 43.8. The summed E-state index contributed by atoms with van der Waals surface area (Å²) in [6, 6.07) is 0. The second-order valence-corrected chi connectivity index (χ2v) is 16.0. The molecule has 0 aliphatic heterocycles. The fourth-order valence-electron chi connectivity index (χ4n) is 7.03. The largest absolute Gasteiger partial charge is 0.462 e. The summed E-state index contributed by atoms with van der Waals surface area (Å²) in [5, 5.41) is 0. The Bertz CT molecular complexity index is 783. The van der Waals surface area contributed by atoms with E-state index in [0.29, 0.717) is 19.3 Å². The van der Waals surface area contributed by atoms with E-state index in [2.05, 4.69) is 20.8 Å². The smallest absolute Gasteiger partial charge is 0.306 e. The lowest BCUT2D eigenvalue weighted by Gasteiger charge is -2.18. The number of carbonyl (C=O) groups is 3. The van der Waals surface area contributed by atoms with E-state index in [9.17, 15) is 14.4 Å². The molecule has 0 N–H and O–H groups in total. The zero-order chi connectivity index (χ0) is 38.7. The summed E-state index contributed by atoms with van der Waals surface area (Å²) in [4.78, 5) is 37.6. The highest BCUT2D eigenvalue weighted by Gasteiger charge is 2.19. The van der Waals surface area contributed by atoms with Gasteiger partial charge >= 0.3 is 17.9 Å². The van der Waals surface area contributed by atoms with Gasteiger partial charge < -0.3 is 14.2 Å². The number of rotatable bonds is 43. The van der Waals surface area contributed by atoms with Crippen molar-refractivity contribution in [2.45, 2.75) is 271 Å². The van der Waals surface area contributed by atoms with Crippen molar-refractivity contribution in [3.63, 3.8) is 0 Å². The average molecular weight is 751 g/mol. The molecule has 0 aliphatic rings. The number of ether oxygens (including phenoxy) is 3. The molecular weight excluding hydrogens is 661 g/mol. The Morgan fingerprint density at radius 3 is 0.755 bits per heavy atom. The molecule has 6 heteroatoms. The molecule has 0 aromatic rings. The maximum absolute atomic E-state index is 12.7. The van der Waals surface area contributed by atoms with E-state index in [1.165, 1.54) is 167 Å². The summed E-state index contributed by atoms with van der Waals surface area (Å²) in [5.41, 5.74) is 0. The number of hydrogen-bond donors (Lipinski definition) is 0. The molecule has 0 fully saturated rings. The van der Waals surface area contributed by atoms with Gasteiger partial charge in [0.2, 0.25) is 0 Å². The summed E-state index contributed by atoms with van der Waals surface area (Å²) in [7, 11) is 0. The quantitative estimate of drug-likeness (QED) is 0.0351. The molecule has 0 saturated carbocycles. The number of hydrogen-bond acceptors (Lipinski definition) is 6.